The fourth-order valence-corrected chi connectivity index (χ4v) is 3.87. The van der Waals surface area contributed by atoms with Crippen molar-refractivity contribution in [2.75, 3.05) is 20.2 Å². The third-order valence-corrected chi connectivity index (χ3v) is 5.43. The zero-order valence-electron chi connectivity index (χ0n) is 16.2. The number of carbonyl (C=O) groups excluding carboxylic acids is 2. The fourth-order valence-electron chi connectivity index (χ4n) is 3.87. The number of oxazole rings is 1. The van der Waals surface area contributed by atoms with Gasteiger partial charge in [0.05, 0.1) is 24.6 Å². The van der Waals surface area contributed by atoms with Gasteiger partial charge in [-0.05, 0) is 42.7 Å². The molecule has 0 N–H and O–H groups in total. The first-order valence-corrected chi connectivity index (χ1v) is 9.62. The van der Waals surface area contributed by atoms with Gasteiger partial charge in [0.1, 0.15) is 0 Å². The highest BCUT2D eigenvalue weighted by Crippen LogP contribution is 2.26. The summed E-state index contributed by atoms with van der Waals surface area (Å²) < 4.78 is 11.7. The second-order valence-electron chi connectivity index (χ2n) is 7.18. The summed E-state index contributed by atoms with van der Waals surface area (Å²) in [4.78, 5) is 38.3. The number of methoxy groups -OCH3 is 1. The molecule has 3 aromatic rings. The number of rotatable bonds is 4. The molecule has 29 heavy (non-hydrogen) atoms. The molecule has 7 heteroatoms. The van der Waals surface area contributed by atoms with Crippen molar-refractivity contribution in [1.82, 2.24) is 9.47 Å². The maximum Gasteiger partial charge on any atom is 0.420 e. The van der Waals surface area contributed by atoms with Crippen LogP contribution in [0.5, 0.6) is 0 Å². The number of hydrogen-bond acceptors (Lipinski definition) is 5. The number of aromatic nitrogens is 1. The highest BCUT2D eigenvalue weighted by molar-refractivity contribution is 5.89. The van der Waals surface area contributed by atoms with Crippen molar-refractivity contribution in [3.63, 3.8) is 0 Å². The van der Waals surface area contributed by atoms with E-state index in [1.165, 1.54) is 7.11 Å². The third-order valence-electron chi connectivity index (χ3n) is 5.43. The number of benzene rings is 2. The van der Waals surface area contributed by atoms with E-state index in [1.807, 2.05) is 23.1 Å². The predicted molar refractivity (Wildman–Crippen MR) is 107 cm³/mol. The summed E-state index contributed by atoms with van der Waals surface area (Å²) in [5.74, 6) is -0.702. The summed E-state index contributed by atoms with van der Waals surface area (Å²) in [5.41, 5.74) is 2.70. The minimum atomic E-state index is -0.396. The molecular weight excluding hydrogens is 372 g/mol. The number of para-hydroxylation sites is 2. The number of amides is 1. The van der Waals surface area contributed by atoms with E-state index in [4.69, 9.17) is 4.42 Å². The first kappa shape index (κ1) is 19.0. The average molecular weight is 394 g/mol. The van der Waals surface area contributed by atoms with Gasteiger partial charge in [0.15, 0.2) is 5.58 Å². The van der Waals surface area contributed by atoms with Gasteiger partial charge in [-0.25, -0.2) is 9.59 Å². The highest BCUT2D eigenvalue weighted by Gasteiger charge is 2.26. The Morgan fingerprint density at radius 3 is 2.45 bits per heavy atom. The molecule has 0 spiro atoms. The second-order valence-corrected chi connectivity index (χ2v) is 7.18. The molecule has 2 aromatic carbocycles. The van der Waals surface area contributed by atoms with Crippen molar-refractivity contribution in [2.24, 2.45) is 0 Å². The Labute approximate surface area is 167 Å². The van der Waals surface area contributed by atoms with Gasteiger partial charge in [-0.3, -0.25) is 9.36 Å². The highest BCUT2D eigenvalue weighted by atomic mass is 16.5. The molecule has 0 bridgehead atoms. The van der Waals surface area contributed by atoms with Crippen molar-refractivity contribution >= 4 is 23.0 Å². The zero-order valence-corrected chi connectivity index (χ0v) is 16.2. The van der Waals surface area contributed by atoms with E-state index in [9.17, 15) is 14.4 Å². The number of esters is 1. The molecule has 0 aliphatic carbocycles. The lowest BCUT2D eigenvalue weighted by Crippen LogP contribution is -2.41. The minimum absolute atomic E-state index is 0.0227. The van der Waals surface area contributed by atoms with Crippen LogP contribution < -0.4 is 5.76 Å². The van der Waals surface area contributed by atoms with Gasteiger partial charge < -0.3 is 14.1 Å². The van der Waals surface area contributed by atoms with Crippen molar-refractivity contribution in [3.8, 4) is 0 Å². The molecule has 7 nitrogen and oxygen atoms in total. The predicted octanol–water partition coefficient (Wildman–Crippen LogP) is 2.79. The molecular formula is C22H22N2O5. The lowest BCUT2D eigenvalue weighted by atomic mass is 10.0. The van der Waals surface area contributed by atoms with Crippen LogP contribution in [-0.4, -0.2) is 41.5 Å². The van der Waals surface area contributed by atoms with Crippen molar-refractivity contribution in [2.45, 2.75) is 25.3 Å². The number of fused-ring (bicyclic) bond motifs is 1. The van der Waals surface area contributed by atoms with Crippen LogP contribution in [0.2, 0.25) is 0 Å². The molecule has 0 saturated carbocycles. The maximum atomic E-state index is 12.7. The molecule has 1 saturated heterocycles. The molecule has 0 atom stereocenters. The van der Waals surface area contributed by atoms with Crippen LogP contribution >= 0.6 is 0 Å². The molecule has 1 aliphatic rings. The number of piperidine rings is 1. The summed E-state index contributed by atoms with van der Waals surface area (Å²) in [5, 5.41) is 0. The molecule has 1 amide bonds. The fraction of sp³-hybridized carbons (Fsp3) is 0.318. The van der Waals surface area contributed by atoms with Gasteiger partial charge in [-0.15, -0.1) is 0 Å². The molecule has 0 radical (unpaired) electrons. The Bertz CT molecular complexity index is 1090. The minimum Gasteiger partial charge on any atom is -0.465 e. The topological polar surface area (TPSA) is 81.8 Å². The van der Waals surface area contributed by atoms with E-state index in [0.717, 1.165) is 11.1 Å². The SMILES string of the molecule is COC(=O)c1ccc(CC(=O)N2CCC(n3c(=O)oc4ccccc43)CC2)cc1. The van der Waals surface area contributed by atoms with E-state index in [1.54, 1.807) is 34.9 Å². The largest absolute Gasteiger partial charge is 0.465 e. The summed E-state index contributed by atoms with van der Waals surface area (Å²) in [6.45, 7) is 1.19. The first-order valence-electron chi connectivity index (χ1n) is 9.62. The average Bonchev–Trinajstić information content (AvgIpc) is 3.09. The van der Waals surface area contributed by atoms with Crippen LogP contribution in [0.15, 0.2) is 57.7 Å². The third kappa shape index (κ3) is 3.81. The van der Waals surface area contributed by atoms with E-state index in [-0.39, 0.29) is 24.1 Å². The Hall–Kier alpha value is -3.35. The van der Waals surface area contributed by atoms with Crippen LogP contribution in [0.25, 0.3) is 11.1 Å². The number of ether oxygens (including phenoxy) is 1. The van der Waals surface area contributed by atoms with E-state index >= 15 is 0 Å². The molecule has 0 unspecified atom stereocenters. The van der Waals surface area contributed by atoms with Crippen molar-refractivity contribution < 1.29 is 18.7 Å². The maximum absolute atomic E-state index is 12.7. The Morgan fingerprint density at radius 2 is 1.76 bits per heavy atom. The van der Waals surface area contributed by atoms with Crippen molar-refractivity contribution in [3.05, 3.63) is 70.2 Å². The van der Waals surface area contributed by atoms with E-state index in [2.05, 4.69) is 4.74 Å². The zero-order chi connectivity index (χ0) is 20.4. The molecule has 1 aliphatic heterocycles. The summed E-state index contributed by atoms with van der Waals surface area (Å²) >= 11 is 0. The number of carbonyl (C=O) groups is 2. The molecule has 1 aromatic heterocycles. The van der Waals surface area contributed by atoms with Gasteiger partial charge in [-0.2, -0.15) is 0 Å². The molecule has 2 heterocycles. The second kappa shape index (κ2) is 7.95. The Balaban J connectivity index is 1.39. The van der Waals surface area contributed by atoms with Gasteiger partial charge >= 0.3 is 11.7 Å². The molecule has 150 valence electrons. The van der Waals surface area contributed by atoms with Gasteiger partial charge in [0, 0.05) is 19.1 Å². The standard InChI is InChI=1S/C22H22N2O5/c1-28-21(26)16-8-6-15(7-9-16)14-20(25)23-12-10-17(11-13-23)24-18-4-2-3-5-19(18)29-22(24)27/h2-9,17H,10-14H2,1H3. The summed E-state index contributed by atoms with van der Waals surface area (Å²) in [6, 6.07) is 14.3. The van der Waals surface area contributed by atoms with Crippen LogP contribution in [0.3, 0.4) is 0 Å². The van der Waals surface area contributed by atoms with Crippen LogP contribution in [0.4, 0.5) is 0 Å². The van der Waals surface area contributed by atoms with Crippen molar-refractivity contribution in [1.29, 1.82) is 0 Å². The molecule has 4 rings (SSSR count). The van der Waals surface area contributed by atoms with Crippen LogP contribution in [0.1, 0.15) is 34.8 Å². The molecule has 1 fully saturated rings. The monoisotopic (exact) mass is 394 g/mol. The van der Waals surface area contributed by atoms with E-state index < -0.39 is 5.97 Å². The normalized spacial score (nSPS) is 14.9. The van der Waals surface area contributed by atoms with E-state index in [0.29, 0.717) is 37.1 Å². The Kier molecular flexibility index (Phi) is 5.20. The van der Waals surface area contributed by atoms with Gasteiger partial charge in [-0.1, -0.05) is 24.3 Å². The number of nitrogens with zero attached hydrogens (tertiary/aromatic N) is 2. The summed E-state index contributed by atoms with van der Waals surface area (Å²) in [6.07, 6.45) is 1.69. The number of hydrogen-bond donors (Lipinski definition) is 0. The van der Waals surface area contributed by atoms with Crippen LogP contribution in [0, 0.1) is 0 Å². The Morgan fingerprint density at radius 1 is 1.07 bits per heavy atom. The van der Waals surface area contributed by atoms with Gasteiger partial charge in [0.25, 0.3) is 0 Å². The van der Waals surface area contributed by atoms with Gasteiger partial charge in [0.2, 0.25) is 5.91 Å². The number of likely N-dealkylation sites (tertiary alicyclic amines) is 1. The van der Waals surface area contributed by atoms with Crippen LogP contribution in [-0.2, 0) is 16.0 Å². The smallest absolute Gasteiger partial charge is 0.420 e. The lowest BCUT2D eigenvalue weighted by molar-refractivity contribution is -0.131. The quantitative estimate of drug-likeness (QED) is 0.636. The summed E-state index contributed by atoms with van der Waals surface area (Å²) in [7, 11) is 1.34. The first-order chi connectivity index (χ1) is 14.1. The lowest BCUT2D eigenvalue weighted by Gasteiger charge is -2.32.